The molecule has 24 heavy (non-hydrogen) atoms. The van der Waals surface area contributed by atoms with Crippen LogP contribution in [0.4, 0.5) is 13.2 Å². The molecule has 3 N–H and O–H groups in total. The Kier molecular flexibility index (Phi) is 5.10. The maximum Gasteiger partial charge on any atom is 0.416 e. The van der Waals surface area contributed by atoms with E-state index in [1.807, 2.05) is 0 Å². The molecule has 1 aromatic carbocycles. The zero-order chi connectivity index (χ0) is 17.9. The van der Waals surface area contributed by atoms with Gasteiger partial charge in [-0.2, -0.15) is 13.2 Å². The predicted molar refractivity (Wildman–Crippen MR) is 76.1 cm³/mol. The fourth-order valence-corrected chi connectivity index (χ4v) is 2.11. The summed E-state index contributed by atoms with van der Waals surface area (Å²) in [5.41, 5.74) is -0.918. The van der Waals surface area contributed by atoms with E-state index < -0.39 is 42.1 Å². The molecule has 2 rings (SSSR count). The van der Waals surface area contributed by atoms with Crippen molar-refractivity contribution in [2.45, 2.75) is 25.1 Å². The lowest BCUT2D eigenvalue weighted by Crippen LogP contribution is -2.46. The van der Waals surface area contributed by atoms with Crippen LogP contribution >= 0.6 is 0 Å². The number of rotatable bonds is 6. The number of amides is 2. The van der Waals surface area contributed by atoms with Gasteiger partial charge in [-0.05, 0) is 43.0 Å². The third-order valence-electron chi connectivity index (χ3n) is 3.56. The van der Waals surface area contributed by atoms with Gasteiger partial charge in [0.2, 0.25) is 5.91 Å². The van der Waals surface area contributed by atoms with Crippen molar-refractivity contribution < 1.29 is 32.7 Å². The number of hydrogen-bond acceptors (Lipinski definition) is 3. The molecule has 0 heterocycles. The summed E-state index contributed by atoms with van der Waals surface area (Å²) in [6.07, 6.45) is -3.06. The Hall–Kier alpha value is -2.58. The van der Waals surface area contributed by atoms with E-state index in [0.29, 0.717) is 0 Å². The van der Waals surface area contributed by atoms with Crippen molar-refractivity contribution >= 4 is 17.8 Å². The van der Waals surface area contributed by atoms with Crippen molar-refractivity contribution in [3.8, 4) is 0 Å². The van der Waals surface area contributed by atoms with Gasteiger partial charge in [-0.25, -0.2) is 4.79 Å². The van der Waals surface area contributed by atoms with Crippen molar-refractivity contribution in [3.05, 3.63) is 35.4 Å². The van der Waals surface area contributed by atoms with Crippen LogP contribution < -0.4 is 10.6 Å². The second kappa shape index (κ2) is 6.90. The molecule has 130 valence electrons. The van der Waals surface area contributed by atoms with E-state index in [9.17, 15) is 27.6 Å². The Labute approximate surface area is 135 Å². The normalized spacial score (nSPS) is 15.5. The number of benzene rings is 1. The Bertz CT molecular complexity index is 639. The van der Waals surface area contributed by atoms with Gasteiger partial charge in [0, 0.05) is 5.56 Å². The fraction of sp³-hybridized carbons (Fsp3) is 0.400. The molecule has 1 atom stereocenters. The number of nitrogens with one attached hydrogen (secondary N) is 2. The first kappa shape index (κ1) is 17.8. The van der Waals surface area contributed by atoms with E-state index in [4.69, 9.17) is 5.11 Å². The van der Waals surface area contributed by atoms with E-state index >= 15 is 0 Å². The van der Waals surface area contributed by atoms with Crippen molar-refractivity contribution in [2.75, 3.05) is 6.54 Å². The van der Waals surface area contributed by atoms with Crippen LogP contribution in [0.15, 0.2) is 24.3 Å². The minimum atomic E-state index is -4.50. The molecule has 1 fully saturated rings. The van der Waals surface area contributed by atoms with Gasteiger partial charge in [0.15, 0.2) is 0 Å². The minimum Gasteiger partial charge on any atom is -0.480 e. The molecule has 0 aromatic heterocycles. The second-order valence-corrected chi connectivity index (χ2v) is 5.48. The summed E-state index contributed by atoms with van der Waals surface area (Å²) in [6.45, 7) is -0.462. The zero-order valence-electron chi connectivity index (χ0n) is 12.4. The largest absolute Gasteiger partial charge is 0.480 e. The first-order valence-electron chi connectivity index (χ1n) is 7.16. The molecule has 6 nitrogen and oxygen atoms in total. The molecule has 0 saturated heterocycles. The molecule has 2 amide bonds. The maximum atomic E-state index is 12.4. The molecule has 1 aliphatic carbocycles. The van der Waals surface area contributed by atoms with Gasteiger partial charge in [0.05, 0.1) is 12.1 Å². The van der Waals surface area contributed by atoms with Crippen molar-refractivity contribution in [1.82, 2.24) is 10.6 Å². The van der Waals surface area contributed by atoms with Crippen molar-refractivity contribution in [1.29, 1.82) is 0 Å². The number of aliphatic carboxylic acids is 1. The highest BCUT2D eigenvalue weighted by Gasteiger charge is 2.37. The molecule has 1 unspecified atom stereocenters. The smallest absolute Gasteiger partial charge is 0.416 e. The van der Waals surface area contributed by atoms with Crippen LogP contribution in [0.1, 0.15) is 28.8 Å². The average molecular weight is 344 g/mol. The van der Waals surface area contributed by atoms with Crippen molar-refractivity contribution in [3.63, 3.8) is 0 Å². The Morgan fingerprint density at radius 1 is 1.17 bits per heavy atom. The van der Waals surface area contributed by atoms with E-state index in [1.54, 1.807) is 0 Å². The predicted octanol–water partition coefficient (Wildman–Crippen LogP) is 1.41. The second-order valence-electron chi connectivity index (χ2n) is 5.48. The highest BCUT2D eigenvalue weighted by molar-refractivity contribution is 5.96. The summed E-state index contributed by atoms with van der Waals surface area (Å²) in [5, 5.41) is 13.5. The Morgan fingerprint density at radius 2 is 1.75 bits per heavy atom. The molecule has 0 spiro atoms. The lowest BCUT2D eigenvalue weighted by Gasteiger charge is -2.14. The van der Waals surface area contributed by atoms with Gasteiger partial charge in [0.25, 0.3) is 5.91 Å². The van der Waals surface area contributed by atoms with Gasteiger partial charge in [-0.15, -0.1) is 0 Å². The highest BCUT2D eigenvalue weighted by Crippen LogP contribution is 2.32. The van der Waals surface area contributed by atoms with Gasteiger partial charge < -0.3 is 15.7 Å². The van der Waals surface area contributed by atoms with E-state index in [1.165, 1.54) is 0 Å². The minimum absolute atomic E-state index is 0.0345. The number of alkyl halides is 3. The van der Waals surface area contributed by atoms with Gasteiger partial charge in [-0.1, -0.05) is 0 Å². The first-order chi connectivity index (χ1) is 11.2. The number of carboxylic acid groups (broad SMARTS) is 1. The van der Waals surface area contributed by atoms with E-state index in [-0.39, 0.29) is 11.5 Å². The van der Waals surface area contributed by atoms with Crippen LogP contribution in [0.25, 0.3) is 0 Å². The molecule has 1 aliphatic rings. The summed E-state index contributed by atoms with van der Waals surface area (Å²) in [7, 11) is 0. The summed E-state index contributed by atoms with van der Waals surface area (Å²) in [6, 6.07) is 2.55. The summed E-state index contributed by atoms with van der Waals surface area (Å²) >= 11 is 0. The monoisotopic (exact) mass is 344 g/mol. The zero-order valence-corrected chi connectivity index (χ0v) is 12.4. The van der Waals surface area contributed by atoms with E-state index in [2.05, 4.69) is 10.6 Å². The number of carbonyl (C=O) groups excluding carboxylic acids is 2. The summed E-state index contributed by atoms with van der Waals surface area (Å²) in [4.78, 5) is 34.5. The SMILES string of the molecule is O=C(CNC(=O)c1ccc(C(F)(F)F)cc1)NC(C(=O)O)C1CC1. The summed E-state index contributed by atoms with van der Waals surface area (Å²) in [5.74, 6) is -2.64. The molecule has 0 radical (unpaired) electrons. The van der Waals surface area contributed by atoms with Crippen LogP contribution in [0.2, 0.25) is 0 Å². The highest BCUT2D eigenvalue weighted by atomic mass is 19.4. The van der Waals surface area contributed by atoms with Gasteiger partial charge in [-0.3, -0.25) is 9.59 Å². The number of carbonyl (C=O) groups is 3. The molecular weight excluding hydrogens is 329 g/mol. The lowest BCUT2D eigenvalue weighted by atomic mass is 10.1. The molecule has 0 aliphatic heterocycles. The molecule has 1 aromatic rings. The molecule has 1 saturated carbocycles. The van der Waals surface area contributed by atoms with Crippen LogP contribution in [0, 0.1) is 5.92 Å². The standard InChI is InChI=1S/C15H15F3N2O4/c16-15(17,18)10-5-3-9(4-6-10)13(22)19-7-11(21)20-12(14(23)24)8-1-2-8/h3-6,8,12H,1-2,7H2,(H,19,22)(H,20,21)(H,23,24). The number of carboxylic acids is 1. The third kappa shape index (κ3) is 4.71. The average Bonchev–Trinajstić information content (AvgIpc) is 3.34. The van der Waals surface area contributed by atoms with Gasteiger partial charge in [0.1, 0.15) is 6.04 Å². The Morgan fingerprint density at radius 3 is 2.21 bits per heavy atom. The van der Waals surface area contributed by atoms with Crippen LogP contribution in [0.3, 0.4) is 0 Å². The molecule has 9 heteroatoms. The van der Waals surface area contributed by atoms with Crippen molar-refractivity contribution in [2.24, 2.45) is 5.92 Å². The van der Waals surface area contributed by atoms with Crippen LogP contribution in [-0.2, 0) is 15.8 Å². The number of hydrogen-bond donors (Lipinski definition) is 3. The molecule has 0 bridgehead atoms. The third-order valence-corrected chi connectivity index (χ3v) is 3.56. The maximum absolute atomic E-state index is 12.4. The number of halogens is 3. The van der Waals surface area contributed by atoms with E-state index in [0.717, 1.165) is 37.1 Å². The quantitative estimate of drug-likeness (QED) is 0.727. The van der Waals surface area contributed by atoms with Gasteiger partial charge >= 0.3 is 12.1 Å². The topological polar surface area (TPSA) is 95.5 Å². The lowest BCUT2D eigenvalue weighted by molar-refractivity contribution is -0.142. The first-order valence-corrected chi connectivity index (χ1v) is 7.16. The molecular formula is C15H15F3N2O4. The fourth-order valence-electron chi connectivity index (χ4n) is 2.11. The van der Waals surface area contributed by atoms with Crippen LogP contribution in [-0.4, -0.2) is 35.5 Å². The van der Waals surface area contributed by atoms with Crippen LogP contribution in [0.5, 0.6) is 0 Å². The summed E-state index contributed by atoms with van der Waals surface area (Å²) < 4.78 is 37.3. The Balaban J connectivity index is 1.86.